The number of amides is 1. The molecule has 0 aliphatic rings. The van der Waals surface area contributed by atoms with Crippen LogP contribution < -0.4 is 19.5 Å². The van der Waals surface area contributed by atoms with Crippen LogP contribution in [0.5, 0.6) is 17.2 Å². The first-order valence-corrected chi connectivity index (χ1v) is 8.10. The van der Waals surface area contributed by atoms with Crippen LogP contribution in [0.1, 0.15) is 12.5 Å². The summed E-state index contributed by atoms with van der Waals surface area (Å²) >= 11 is 0. The molecular weight excluding hydrogens is 352 g/mol. The molecule has 8 nitrogen and oxygen atoms in total. The van der Waals surface area contributed by atoms with Crippen LogP contribution in [0.3, 0.4) is 0 Å². The summed E-state index contributed by atoms with van der Waals surface area (Å²) in [6.07, 6.45) is 2.96. The van der Waals surface area contributed by atoms with Gasteiger partial charge in [0.15, 0.2) is 11.5 Å². The second-order valence-corrected chi connectivity index (χ2v) is 5.31. The third-order valence-electron chi connectivity index (χ3n) is 3.57. The molecule has 0 heterocycles. The Kier molecular flexibility index (Phi) is 6.76. The van der Waals surface area contributed by atoms with Gasteiger partial charge in [0.2, 0.25) is 5.91 Å². The van der Waals surface area contributed by atoms with Crippen LogP contribution in [-0.2, 0) is 4.79 Å². The van der Waals surface area contributed by atoms with E-state index in [9.17, 15) is 14.9 Å². The molecule has 0 unspecified atom stereocenters. The number of carbonyl (C=O) groups is 1. The molecule has 1 amide bonds. The maximum Gasteiger partial charge on any atom is 0.273 e. The first-order valence-electron chi connectivity index (χ1n) is 8.10. The van der Waals surface area contributed by atoms with Gasteiger partial charge in [-0.25, -0.2) is 0 Å². The number of methoxy groups -OCH3 is 2. The van der Waals surface area contributed by atoms with Crippen molar-refractivity contribution in [2.45, 2.75) is 6.92 Å². The Morgan fingerprint density at radius 1 is 1.11 bits per heavy atom. The standard InChI is InChI=1S/C19H20N2O6/c1-4-27-16-9-5-13(11-18(16)26-3)6-10-19(22)20-15-8-7-14(21(23)24)12-17(15)25-2/h5-12H,4H2,1-3H3,(H,20,22)/b10-6+. The molecule has 0 atom stereocenters. The van der Waals surface area contributed by atoms with E-state index in [2.05, 4.69) is 5.32 Å². The van der Waals surface area contributed by atoms with E-state index in [0.717, 1.165) is 5.56 Å². The summed E-state index contributed by atoms with van der Waals surface area (Å²) in [5.41, 5.74) is 0.963. The van der Waals surface area contributed by atoms with E-state index in [4.69, 9.17) is 14.2 Å². The van der Waals surface area contributed by atoms with Crippen molar-refractivity contribution < 1.29 is 23.9 Å². The highest BCUT2D eigenvalue weighted by Crippen LogP contribution is 2.30. The highest BCUT2D eigenvalue weighted by Gasteiger charge is 2.12. The fourth-order valence-corrected chi connectivity index (χ4v) is 2.31. The predicted molar refractivity (Wildman–Crippen MR) is 101 cm³/mol. The normalized spacial score (nSPS) is 10.5. The van der Waals surface area contributed by atoms with Gasteiger partial charge in [0.1, 0.15) is 5.75 Å². The van der Waals surface area contributed by atoms with Gasteiger partial charge >= 0.3 is 0 Å². The van der Waals surface area contributed by atoms with Gasteiger partial charge in [-0.3, -0.25) is 14.9 Å². The summed E-state index contributed by atoms with van der Waals surface area (Å²) in [6, 6.07) is 9.27. The Bertz CT molecular complexity index is 863. The lowest BCUT2D eigenvalue weighted by molar-refractivity contribution is -0.384. The first-order chi connectivity index (χ1) is 13.0. The van der Waals surface area contributed by atoms with Gasteiger partial charge in [-0.15, -0.1) is 0 Å². The van der Waals surface area contributed by atoms with Crippen LogP contribution in [0.2, 0.25) is 0 Å². The Morgan fingerprint density at radius 2 is 1.85 bits per heavy atom. The van der Waals surface area contributed by atoms with Crippen LogP contribution in [0, 0.1) is 10.1 Å². The van der Waals surface area contributed by atoms with E-state index >= 15 is 0 Å². The van der Waals surface area contributed by atoms with E-state index in [-0.39, 0.29) is 11.4 Å². The zero-order valence-electron chi connectivity index (χ0n) is 15.2. The zero-order valence-corrected chi connectivity index (χ0v) is 15.2. The summed E-state index contributed by atoms with van der Waals surface area (Å²) in [4.78, 5) is 22.4. The van der Waals surface area contributed by atoms with Crippen molar-refractivity contribution in [3.05, 3.63) is 58.2 Å². The van der Waals surface area contributed by atoms with Gasteiger partial charge in [-0.05, 0) is 36.8 Å². The van der Waals surface area contributed by atoms with Gasteiger partial charge in [0.25, 0.3) is 5.69 Å². The Hall–Kier alpha value is -3.55. The van der Waals surface area contributed by atoms with Crippen molar-refractivity contribution in [3.63, 3.8) is 0 Å². The van der Waals surface area contributed by atoms with Crippen LogP contribution in [0.15, 0.2) is 42.5 Å². The van der Waals surface area contributed by atoms with Crippen molar-refractivity contribution in [3.8, 4) is 17.2 Å². The van der Waals surface area contributed by atoms with Gasteiger partial charge in [0, 0.05) is 12.1 Å². The van der Waals surface area contributed by atoms with E-state index in [0.29, 0.717) is 23.8 Å². The molecule has 0 aliphatic heterocycles. The largest absolute Gasteiger partial charge is 0.494 e. The molecule has 2 rings (SSSR count). The van der Waals surface area contributed by atoms with E-state index in [1.165, 1.54) is 31.4 Å². The molecule has 1 N–H and O–H groups in total. The predicted octanol–water partition coefficient (Wildman–Crippen LogP) is 3.66. The van der Waals surface area contributed by atoms with E-state index in [1.54, 1.807) is 31.4 Å². The van der Waals surface area contributed by atoms with Gasteiger partial charge < -0.3 is 19.5 Å². The summed E-state index contributed by atoms with van der Waals surface area (Å²) in [7, 11) is 2.91. The van der Waals surface area contributed by atoms with Crippen LogP contribution in [0.4, 0.5) is 11.4 Å². The number of rotatable bonds is 8. The molecule has 0 saturated carbocycles. The zero-order chi connectivity index (χ0) is 19.8. The van der Waals surface area contributed by atoms with Gasteiger partial charge in [0.05, 0.1) is 37.5 Å². The molecule has 0 fully saturated rings. The second kappa shape index (κ2) is 9.23. The number of anilines is 1. The minimum atomic E-state index is -0.534. The Labute approximate surface area is 156 Å². The van der Waals surface area contributed by atoms with E-state index in [1.807, 2.05) is 6.92 Å². The van der Waals surface area contributed by atoms with Crippen molar-refractivity contribution in [2.75, 3.05) is 26.1 Å². The summed E-state index contributed by atoms with van der Waals surface area (Å²) in [6.45, 7) is 2.40. The molecule has 2 aromatic rings. The second-order valence-electron chi connectivity index (χ2n) is 5.31. The average molecular weight is 372 g/mol. The SMILES string of the molecule is CCOc1ccc(/C=C/C(=O)Nc2ccc([N+](=O)[O-])cc2OC)cc1OC. The van der Waals surface area contributed by atoms with Crippen molar-refractivity contribution >= 4 is 23.4 Å². The number of ether oxygens (including phenoxy) is 3. The molecule has 8 heteroatoms. The summed E-state index contributed by atoms with van der Waals surface area (Å²) < 4.78 is 15.8. The molecule has 0 radical (unpaired) electrons. The lowest BCUT2D eigenvalue weighted by atomic mass is 10.2. The quantitative estimate of drug-likeness (QED) is 0.431. The number of hydrogen-bond acceptors (Lipinski definition) is 6. The molecular formula is C19H20N2O6. The lowest BCUT2D eigenvalue weighted by Crippen LogP contribution is -2.09. The topological polar surface area (TPSA) is 99.9 Å². The van der Waals surface area contributed by atoms with Crippen molar-refractivity contribution in [1.82, 2.24) is 0 Å². The molecule has 0 spiro atoms. The maximum atomic E-state index is 12.2. The summed E-state index contributed by atoms with van der Waals surface area (Å²) in [5, 5.41) is 13.4. The molecule has 0 bridgehead atoms. The lowest BCUT2D eigenvalue weighted by Gasteiger charge is -2.10. The molecule has 0 aromatic heterocycles. The Balaban J connectivity index is 2.12. The smallest absolute Gasteiger partial charge is 0.273 e. The number of non-ortho nitro benzene ring substituents is 1. The third kappa shape index (κ3) is 5.21. The van der Waals surface area contributed by atoms with Gasteiger partial charge in [-0.2, -0.15) is 0 Å². The number of nitrogens with one attached hydrogen (secondary N) is 1. The highest BCUT2D eigenvalue weighted by atomic mass is 16.6. The average Bonchev–Trinajstić information content (AvgIpc) is 2.67. The van der Waals surface area contributed by atoms with Crippen molar-refractivity contribution in [2.24, 2.45) is 0 Å². The number of nitro groups is 1. The summed E-state index contributed by atoms with van der Waals surface area (Å²) in [5.74, 6) is 0.984. The number of nitro benzene ring substituents is 1. The highest BCUT2D eigenvalue weighted by molar-refractivity contribution is 6.02. The molecule has 0 saturated heterocycles. The van der Waals surface area contributed by atoms with Gasteiger partial charge in [-0.1, -0.05) is 6.07 Å². The number of nitrogens with zero attached hydrogens (tertiary/aromatic N) is 1. The minimum absolute atomic E-state index is 0.123. The van der Waals surface area contributed by atoms with Crippen LogP contribution in [-0.4, -0.2) is 31.7 Å². The Morgan fingerprint density at radius 3 is 2.48 bits per heavy atom. The number of carbonyl (C=O) groups excluding carboxylic acids is 1. The van der Waals surface area contributed by atoms with Crippen molar-refractivity contribution in [1.29, 1.82) is 0 Å². The minimum Gasteiger partial charge on any atom is -0.494 e. The first kappa shape index (κ1) is 19.8. The van der Waals surface area contributed by atoms with Crippen LogP contribution in [0.25, 0.3) is 6.08 Å². The fraction of sp³-hybridized carbons (Fsp3) is 0.211. The maximum absolute atomic E-state index is 12.2. The number of hydrogen-bond donors (Lipinski definition) is 1. The third-order valence-corrected chi connectivity index (χ3v) is 3.57. The molecule has 142 valence electrons. The number of benzene rings is 2. The fourth-order valence-electron chi connectivity index (χ4n) is 2.31. The molecule has 2 aromatic carbocycles. The molecule has 0 aliphatic carbocycles. The van der Waals surface area contributed by atoms with E-state index < -0.39 is 10.8 Å². The monoisotopic (exact) mass is 372 g/mol. The molecule has 27 heavy (non-hydrogen) atoms. The van der Waals surface area contributed by atoms with Crippen LogP contribution >= 0.6 is 0 Å².